The molecule has 0 bridgehead atoms. The van der Waals surface area contributed by atoms with Crippen molar-refractivity contribution in [3.8, 4) is 0 Å². The minimum absolute atomic E-state index is 0.133. The molecule has 112 valence electrons. The van der Waals surface area contributed by atoms with Crippen LogP contribution in [0.4, 0.5) is 6.01 Å². The largest absolute Gasteiger partial charge is 0.429 e. The van der Waals surface area contributed by atoms with E-state index in [-0.39, 0.29) is 23.9 Å². The number of aromatic nitrogens is 3. The Morgan fingerprint density at radius 3 is 3.05 bits per heavy atom. The van der Waals surface area contributed by atoms with E-state index in [0.29, 0.717) is 13.0 Å². The Bertz CT molecular complexity index is 634. The van der Waals surface area contributed by atoms with Crippen molar-refractivity contribution in [3.05, 3.63) is 29.9 Å². The van der Waals surface area contributed by atoms with Gasteiger partial charge in [0.2, 0.25) is 5.91 Å². The molecule has 1 fully saturated rings. The molecule has 0 radical (unpaired) electrons. The second-order valence-corrected chi connectivity index (χ2v) is 5.11. The lowest BCUT2D eigenvalue weighted by Gasteiger charge is -2.15. The summed E-state index contributed by atoms with van der Waals surface area (Å²) in [4.78, 5) is 16.4. The molecule has 1 aliphatic heterocycles. The van der Waals surface area contributed by atoms with Gasteiger partial charge in [-0.3, -0.25) is 14.8 Å². The van der Waals surface area contributed by atoms with Crippen LogP contribution in [0.3, 0.4) is 0 Å². The van der Waals surface area contributed by atoms with Gasteiger partial charge in [0, 0.05) is 31.8 Å². The van der Waals surface area contributed by atoms with Crippen molar-refractivity contribution < 1.29 is 13.9 Å². The summed E-state index contributed by atoms with van der Waals surface area (Å²) in [7, 11) is 1.84. The zero-order valence-corrected chi connectivity index (χ0v) is 12.1. The van der Waals surface area contributed by atoms with E-state index in [0.717, 1.165) is 17.7 Å². The van der Waals surface area contributed by atoms with E-state index in [1.54, 1.807) is 17.1 Å². The van der Waals surface area contributed by atoms with Gasteiger partial charge in [0.1, 0.15) is 5.76 Å². The Hall–Kier alpha value is -2.15. The van der Waals surface area contributed by atoms with Crippen LogP contribution in [0.25, 0.3) is 0 Å². The number of rotatable bonds is 4. The monoisotopic (exact) mass is 290 g/mol. The highest BCUT2D eigenvalue weighted by Gasteiger charge is 2.36. The van der Waals surface area contributed by atoms with E-state index in [4.69, 9.17) is 9.15 Å². The molecule has 1 aliphatic rings. The molecule has 3 rings (SSSR count). The third kappa shape index (κ3) is 2.82. The zero-order chi connectivity index (χ0) is 14.8. The van der Waals surface area contributed by atoms with Crippen LogP contribution < -0.4 is 5.32 Å². The van der Waals surface area contributed by atoms with E-state index in [1.807, 2.05) is 20.2 Å². The predicted octanol–water partition coefficient (Wildman–Crippen LogP) is 1.69. The minimum Gasteiger partial charge on any atom is -0.429 e. The number of nitrogens with one attached hydrogen (secondary N) is 1. The lowest BCUT2D eigenvalue weighted by atomic mass is 9.96. The molecule has 21 heavy (non-hydrogen) atoms. The molecule has 0 spiro atoms. The van der Waals surface area contributed by atoms with Gasteiger partial charge in [-0.25, -0.2) is 4.98 Å². The molecule has 7 heteroatoms. The van der Waals surface area contributed by atoms with Crippen molar-refractivity contribution in [1.82, 2.24) is 14.8 Å². The number of carbonyl (C=O) groups excluding carboxylic acids is 1. The van der Waals surface area contributed by atoms with Crippen LogP contribution in [0.2, 0.25) is 0 Å². The third-order valence-electron chi connectivity index (χ3n) is 3.61. The SMILES string of the molecule is CCc1cnc(NC(=O)[C@@H]2CCO[C@H]2c2cnn(C)c2)o1. The van der Waals surface area contributed by atoms with E-state index in [1.165, 1.54) is 0 Å². The van der Waals surface area contributed by atoms with Gasteiger partial charge in [-0.15, -0.1) is 0 Å². The van der Waals surface area contributed by atoms with Gasteiger partial charge >= 0.3 is 6.01 Å². The fourth-order valence-electron chi connectivity index (χ4n) is 2.50. The maximum absolute atomic E-state index is 12.4. The average Bonchev–Trinajstić information content (AvgIpc) is 3.17. The number of amides is 1. The summed E-state index contributed by atoms with van der Waals surface area (Å²) in [5, 5.41) is 6.85. The highest BCUT2D eigenvalue weighted by atomic mass is 16.5. The van der Waals surface area contributed by atoms with Crippen LogP contribution in [0.5, 0.6) is 0 Å². The quantitative estimate of drug-likeness (QED) is 0.926. The lowest BCUT2D eigenvalue weighted by molar-refractivity contribution is -0.121. The number of ether oxygens (including phenoxy) is 1. The van der Waals surface area contributed by atoms with Gasteiger partial charge in [0.05, 0.1) is 24.4 Å². The fraction of sp³-hybridized carbons (Fsp3) is 0.500. The Balaban J connectivity index is 1.71. The molecule has 2 atom stereocenters. The van der Waals surface area contributed by atoms with Crippen LogP contribution in [0, 0.1) is 5.92 Å². The number of carbonyl (C=O) groups is 1. The molecule has 7 nitrogen and oxygen atoms in total. The van der Waals surface area contributed by atoms with Crippen LogP contribution in [0.1, 0.15) is 30.8 Å². The second kappa shape index (κ2) is 5.69. The van der Waals surface area contributed by atoms with Crippen LogP contribution in [0.15, 0.2) is 23.0 Å². The summed E-state index contributed by atoms with van der Waals surface area (Å²) in [6.45, 7) is 2.53. The van der Waals surface area contributed by atoms with Crippen molar-refractivity contribution in [3.63, 3.8) is 0 Å². The molecule has 1 amide bonds. The normalized spacial score (nSPS) is 21.6. The molecular formula is C14H18N4O3. The Kier molecular flexibility index (Phi) is 3.74. The molecule has 1 N–H and O–H groups in total. The van der Waals surface area contributed by atoms with Gasteiger partial charge in [-0.1, -0.05) is 6.92 Å². The molecule has 1 saturated heterocycles. The Morgan fingerprint density at radius 2 is 2.38 bits per heavy atom. The van der Waals surface area contributed by atoms with Crippen molar-refractivity contribution >= 4 is 11.9 Å². The number of anilines is 1. The first-order valence-electron chi connectivity index (χ1n) is 7.03. The fourth-order valence-corrected chi connectivity index (χ4v) is 2.50. The molecule has 0 saturated carbocycles. The van der Waals surface area contributed by atoms with Crippen molar-refractivity contribution in [1.29, 1.82) is 0 Å². The van der Waals surface area contributed by atoms with Crippen LogP contribution >= 0.6 is 0 Å². The number of hydrogen-bond acceptors (Lipinski definition) is 5. The maximum atomic E-state index is 12.4. The second-order valence-electron chi connectivity index (χ2n) is 5.11. The maximum Gasteiger partial charge on any atom is 0.301 e. The Labute approximate surface area is 122 Å². The van der Waals surface area contributed by atoms with Crippen molar-refractivity contribution in [2.24, 2.45) is 13.0 Å². The number of oxazole rings is 1. The lowest BCUT2D eigenvalue weighted by Crippen LogP contribution is -2.25. The highest BCUT2D eigenvalue weighted by Crippen LogP contribution is 2.35. The number of nitrogens with zero attached hydrogens (tertiary/aromatic N) is 3. The van der Waals surface area contributed by atoms with E-state index in [2.05, 4.69) is 15.4 Å². The number of hydrogen-bond donors (Lipinski definition) is 1. The van der Waals surface area contributed by atoms with E-state index < -0.39 is 0 Å². The molecule has 0 aliphatic carbocycles. The third-order valence-corrected chi connectivity index (χ3v) is 3.61. The summed E-state index contributed by atoms with van der Waals surface area (Å²) >= 11 is 0. The first-order valence-corrected chi connectivity index (χ1v) is 7.03. The molecule has 2 aromatic heterocycles. The van der Waals surface area contributed by atoms with Crippen molar-refractivity contribution in [2.75, 3.05) is 11.9 Å². The topological polar surface area (TPSA) is 82.2 Å². The van der Waals surface area contributed by atoms with Gasteiger partial charge in [0.15, 0.2) is 0 Å². The summed E-state index contributed by atoms with van der Waals surface area (Å²) in [6.07, 6.45) is 6.38. The van der Waals surface area contributed by atoms with Crippen LogP contribution in [-0.4, -0.2) is 27.3 Å². The standard InChI is InChI=1S/C14H18N4O3/c1-3-10-7-15-14(21-10)17-13(19)11-4-5-20-12(11)9-6-16-18(2)8-9/h6-8,11-12H,3-5H2,1-2H3,(H,15,17,19)/t11-,12+/m1/s1. The van der Waals surface area contributed by atoms with Gasteiger partial charge in [0.25, 0.3) is 0 Å². The first-order chi connectivity index (χ1) is 10.2. The predicted molar refractivity (Wildman–Crippen MR) is 74.5 cm³/mol. The summed E-state index contributed by atoms with van der Waals surface area (Å²) < 4.78 is 12.8. The van der Waals surface area contributed by atoms with Crippen molar-refractivity contribution in [2.45, 2.75) is 25.9 Å². The summed E-state index contributed by atoms with van der Waals surface area (Å²) in [5.74, 6) is 0.355. The average molecular weight is 290 g/mol. The molecular weight excluding hydrogens is 272 g/mol. The van der Waals surface area contributed by atoms with Crippen LogP contribution in [-0.2, 0) is 23.0 Å². The minimum atomic E-state index is -0.265. The van der Waals surface area contributed by atoms with E-state index in [9.17, 15) is 4.79 Å². The number of aryl methyl sites for hydroxylation is 2. The molecule has 2 aromatic rings. The molecule has 3 heterocycles. The first kappa shape index (κ1) is 13.8. The summed E-state index contributed by atoms with van der Waals surface area (Å²) in [6, 6.07) is 0.244. The summed E-state index contributed by atoms with van der Waals surface area (Å²) in [5.41, 5.74) is 0.914. The van der Waals surface area contributed by atoms with Gasteiger partial charge < -0.3 is 9.15 Å². The molecule has 0 aromatic carbocycles. The smallest absolute Gasteiger partial charge is 0.301 e. The zero-order valence-electron chi connectivity index (χ0n) is 12.1. The Morgan fingerprint density at radius 1 is 1.52 bits per heavy atom. The molecule has 0 unspecified atom stereocenters. The highest BCUT2D eigenvalue weighted by molar-refractivity contribution is 5.91. The van der Waals surface area contributed by atoms with E-state index >= 15 is 0 Å². The van der Waals surface area contributed by atoms with Gasteiger partial charge in [-0.2, -0.15) is 5.10 Å². The van der Waals surface area contributed by atoms with Gasteiger partial charge in [-0.05, 0) is 6.42 Å².